The molecule has 13 heavy (non-hydrogen) atoms. The maximum Gasteiger partial charge on any atom is 0.0991 e. The van der Waals surface area contributed by atoms with Gasteiger partial charge in [-0.15, -0.1) is 0 Å². The lowest BCUT2D eigenvalue weighted by Crippen LogP contribution is -1.88. The average Bonchev–Trinajstić information content (AvgIpc) is 2.18. The van der Waals surface area contributed by atoms with Gasteiger partial charge in [0.1, 0.15) is 0 Å². The van der Waals surface area contributed by atoms with E-state index in [0.717, 1.165) is 5.56 Å². The molecule has 0 amide bonds. The van der Waals surface area contributed by atoms with Crippen LogP contribution in [0.3, 0.4) is 0 Å². The van der Waals surface area contributed by atoms with Crippen molar-refractivity contribution in [2.45, 2.75) is 13.0 Å². The first-order chi connectivity index (χ1) is 6.27. The van der Waals surface area contributed by atoms with Crippen LogP contribution in [0.2, 0.25) is 0 Å². The molecule has 0 unspecified atom stereocenters. The van der Waals surface area contributed by atoms with Crippen LogP contribution in [0.5, 0.6) is 0 Å². The smallest absolute Gasteiger partial charge is 0.0991 e. The molecule has 0 aliphatic carbocycles. The van der Waals surface area contributed by atoms with Gasteiger partial charge < -0.3 is 0 Å². The summed E-state index contributed by atoms with van der Waals surface area (Å²) in [6.07, 6.45) is 0. The highest BCUT2D eigenvalue weighted by Crippen LogP contribution is 2.17. The van der Waals surface area contributed by atoms with Crippen molar-refractivity contribution < 1.29 is 0 Å². The molecule has 0 bridgehead atoms. The molecule has 1 atom stereocenters. The first kappa shape index (κ1) is 9.11. The summed E-state index contributed by atoms with van der Waals surface area (Å²) in [5, 5.41) is 12.2. The van der Waals surface area contributed by atoms with Gasteiger partial charge in [-0.1, -0.05) is 24.2 Å². The van der Waals surface area contributed by atoms with E-state index in [1.54, 1.807) is 25.1 Å². The number of benzene rings is 1. The number of nitriles is 1. The zero-order chi connectivity index (χ0) is 9.68. The highest BCUT2D eigenvalue weighted by atomic mass is 15.1. The zero-order valence-corrected chi connectivity index (χ0v) is 7.18. The van der Waals surface area contributed by atoms with Gasteiger partial charge in [0.15, 0.2) is 0 Å². The Bertz CT molecular complexity index is 385. The van der Waals surface area contributed by atoms with Crippen LogP contribution in [0.15, 0.2) is 29.4 Å². The average molecular weight is 172 g/mol. The first-order valence-corrected chi connectivity index (χ1v) is 3.82. The van der Waals surface area contributed by atoms with Gasteiger partial charge in [0, 0.05) is 4.91 Å². The van der Waals surface area contributed by atoms with E-state index in [-0.39, 0.29) is 6.04 Å². The topological polar surface area (TPSA) is 72.6 Å². The Labute approximate surface area is 76.1 Å². The Kier molecular flexibility index (Phi) is 2.91. The fourth-order valence-electron chi connectivity index (χ4n) is 1.01. The minimum atomic E-state index is -0.224. The van der Waals surface area contributed by atoms with Gasteiger partial charge in [0.25, 0.3) is 0 Å². The lowest BCUT2D eigenvalue weighted by Gasteiger charge is -2.03. The highest BCUT2D eigenvalue weighted by Gasteiger charge is 2.02. The van der Waals surface area contributed by atoms with Gasteiger partial charge in [0.2, 0.25) is 0 Å². The lowest BCUT2D eigenvalue weighted by molar-refractivity contribution is 0.807. The molecule has 0 saturated carbocycles. The molecule has 4 nitrogen and oxygen atoms in total. The molecule has 0 aliphatic heterocycles. The van der Waals surface area contributed by atoms with Crippen LogP contribution in [0, 0.1) is 11.3 Å². The number of hydrogen-bond donors (Lipinski definition) is 0. The lowest BCUT2D eigenvalue weighted by atomic mass is 10.1. The van der Waals surface area contributed by atoms with Crippen molar-refractivity contribution in [3.63, 3.8) is 0 Å². The van der Waals surface area contributed by atoms with Crippen molar-refractivity contribution in [2.75, 3.05) is 0 Å². The summed E-state index contributed by atoms with van der Waals surface area (Å²) in [5.41, 5.74) is 9.66. The Balaban J connectivity index is 3.02. The van der Waals surface area contributed by atoms with Crippen LogP contribution in [0.25, 0.3) is 10.4 Å². The maximum absolute atomic E-state index is 8.62. The molecule has 0 aliphatic rings. The van der Waals surface area contributed by atoms with Crippen molar-refractivity contribution in [3.05, 3.63) is 45.8 Å². The normalized spacial score (nSPS) is 11.1. The molecule has 0 spiro atoms. The van der Waals surface area contributed by atoms with Crippen LogP contribution >= 0.6 is 0 Å². The van der Waals surface area contributed by atoms with E-state index in [9.17, 15) is 0 Å². The molecule has 1 aromatic rings. The molecular weight excluding hydrogens is 164 g/mol. The van der Waals surface area contributed by atoms with E-state index in [2.05, 4.69) is 10.0 Å². The van der Waals surface area contributed by atoms with Gasteiger partial charge >= 0.3 is 0 Å². The molecule has 4 heteroatoms. The standard InChI is InChI=1S/C9H8N4/c1-7(12-13-11)9-4-2-3-8(5-9)6-10/h2-5,7H,1H3/t7-/m0/s1. The Morgan fingerprint density at radius 2 is 2.38 bits per heavy atom. The second kappa shape index (κ2) is 4.15. The van der Waals surface area contributed by atoms with Gasteiger partial charge in [0.05, 0.1) is 17.7 Å². The molecule has 0 N–H and O–H groups in total. The SMILES string of the molecule is C[C@H](N=[N+]=[N-])c1cccc(C#N)c1. The second-order valence-electron chi connectivity index (χ2n) is 2.62. The summed E-state index contributed by atoms with van der Waals surface area (Å²) in [5.74, 6) is 0. The summed E-state index contributed by atoms with van der Waals surface area (Å²) in [6.45, 7) is 1.79. The fourth-order valence-corrected chi connectivity index (χ4v) is 1.01. The summed E-state index contributed by atoms with van der Waals surface area (Å²) >= 11 is 0. The van der Waals surface area contributed by atoms with Crippen LogP contribution in [-0.4, -0.2) is 0 Å². The zero-order valence-electron chi connectivity index (χ0n) is 7.18. The summed E-state index contributed by atoms with van der Waals surface area (Å²) in [7, 11) is 0. The van der Waals surface area contributed by atoms with Gasteiger partial charge in [-0.3, -0.25) is 0 Å². The Morgan fingerprint density at radius 1 is 1.62 bits per heavy atom. The monoisotopic (exact) mass is 172 g/mol. The molecule has 1 rings (SSSR count). The molecule has 0 saturated heterocycles. The molecule has 0 aromatic heterocycles. The third-order valence-electron chi connectivity index (χ3n) is 1.72. The van der Waals surface area contributed by atoms with E-state index in [0.29, 0.717) is 5.56 Å². The molecule has 0 heterocycles. The largest absolute Gasteiger partial charge is 0.192 e. The third kappa shape index (κ3) is 2.22. The van der Waals surface area contributed by atoms with Crippen LogP contribution in [0.1, 0.15) is 24.1 Å². The van der Waals surface area contributed by atoms with Crippen molar-refractivity contribution in [1.82, 2.24) is 0 Å². The van der Waals surface area contributed by atoms with Crippen molar-refractivity contribution >= 4 is 0 Å². The minimum Gasteiger partial charge on any atom is -0.192 e. The maximum atomic E-state index is 8.62. The van der Waals surface area contributed by atoms with Crippen LogP contribution < -0.4 is 0 Å². The Hall–Kier alpha value is -1.98. The van der Waals surface area contributed by atoms with Gasteiger partial charge in [-0.2, -0.15) is 5.26 Å². The number of azide groups is 1. The molecule has 64 valence electrons. The van der Waals surface area contributed by atoms with Crippen molar-refractivity contribution in [2.24, 2.45) is 5.11 Å². The highest BCUT2D eigenvalue weighted by molar-refractivity contribution is 5.34. The first-order valence-electron chi connectivity index (χ1n) is 3.82. The Morgan fingerprint density at radius 3 is 3.00 bits per heavy atom. The summed E-state index contributed by atoms with van der Waals surface area (Å²) in [4.78, 5) is 2.71. The van der Waals surface area contributed by atoms with Crippen molar-refractivity contribution in [3.8, 4) is 6.07 Å². The fraction of sp³-hybridized carbons (Fsp3) is 0.222. The van der Waals surface area contributed by atoms with E-state index in [1.165, 1.54) is 0 Å². The summed E-state index contributed by atoms with van der Waals surface area (Å²) in [6, 6.07) is 8.85. The molecule has 0 fully saturated rings. The van der Waals surface area contributed by atoms with E-state index < -0.39 is 0 Å². The molecule has 1 aromatic carbocycles. The van der Waals surface area contributed by atoms with E-state index >= 15 is 0 Å². The minimum absolute atomic E-state index is 0.224. The number of nitrogens with zero attached hydrogens (tertiary/aromatic N) is 4. The third-order valence-corrected chi connectivity index (χ3v) is 1.72. The van der Waals surface area contributed by atoms with Crippen LogP contribution in [-0.2, 0) is 0 Å². The van der Waals surface area contributed by atoms with E-state index in [4.69, 9.17) is 10.8 Å². The van der Waals surface area contributed by atoms with Crippen molar-refractivity contribution in [1.29, 1.82) is 5.26 Å². The number of hydrogen-bond acceptors (Lipinski definition) is 2. The molecular formula is C9H8N4. The van der Waals surface area contributed by atoms with Gasteiger partial charge in [-0.25, -0.2) is 0 Å². The quantitative estimate of drug-likeness (QED) is 0.384. The number of rotatable bonds is 2. The van der Waals surface area contributed by atoms with Crippen LogP contribution in [0.4, 0.5) is 0 Å². The summed E-state index contributed by atoms with van der Waals surface area (Å²) < 4.78 is 0. The molecule has 0 radical (unpaired) electrons. The second-order valence-corrected chi connectivity index (χ2v) is 2.62. The van der Waals surface area contributed by atoms with E-state index in [1.807, 2.05) is 12.1 Å². The van der Waals surface area contributed by atoms with Gasteiger partial charge in [-0.05, 0) is 23.2 Å². The predicted octanol–water partition coefficient (Wildman–Crippen LogP) is 2.93. The predicted molar refractivity (Wildman–Crippen MR) is 48.7 cm³/mol.